The third kappa shape index (κ3) is 3.06. The van der Waals surface area contributed by atoms with Gasteiger partial charge in [-0.3, -0.25) is 9.69 Å². The van der Waals surface area contributed by atoms with Crippen molar-refractivity contribution < 1.29 is 19.1 Å². The van der Waals surface area contributed by atoms with Crippen molar-refractivity contribution in [2.24, 2.45) is 0 Å². The highest BCUT2D eigenvalue weighted by atomic mass is 79.9. The minimum atomic E-state index is -1.31. The van der Waals surface area contributed by atoms with Crippen LogP contribution in [0.25, 0.3) is 0 Å². The monoisotopic (exact) mass is 371 g/mol. The van der Waals surface area contributed by atoms with Gasteiger partial charge in [0.05, 0.1) is 6.54 Å². The molecule has 118 valence electrons. The van der Waals surface area contributed by atoms with Crippen LogP contribution in [0.2, 0.25) is 0 Å². The molecule has 2 amide bonds. The van der Waals surface area contributed by atoms with E-state index in [0.29, 0.717) is 16.3 Å². The molecule has 1 saturated carbocycles. The lowest BCUT2D eigenvalue weighted by Gasteiger charge is -2.20. The Balaban J connectivity index is 1.79. The summed E-state index contributed by atoms with van der Waals surface area (Å²) in [5.74, 6) is 0.272. The highest BCUT2D eigenvalue weighted by molar-refractivity contribution is 9.10. The van der Waals surface area contributed by atoms with E-state index in [1.807, 2.05) is 6.07 Å². The molecule has 1 aliphatic carbocycles. The number of anilines is 1. The predicted octanol–water partition coefficient (Wildman–Crippen LogP) is 2.75. The van der Waals surface area contributed by atoms with Gasteiger partial charge in [0.2, 0.25) is 5.91 Å². The van der Waals surface area contributed by atoms with E-state index in [2.05, 4.69) is 26.2 Å². The molecule has 22 heavy (non-hydrogen) atoms. The number of likely N-dealkylation sites (tertiary alicyclic amines) is 1. The number of nitrogens with zero attached hydrogens (tertiary/aromatic N) is 2. The minimum absolute atomic E-state index is 0.120. The number of halogens is 2. The number of pyridine rings is 1. The highest BCUT2D eigenvalue weighted by Crippen LogP contribution is 2.43. The van der Waals surface area contributed by atoms with Gasteiger partial charge in [0.25, 0.3) is 0 Å². The smallest absolute Gasteiger partial charge is 0.408 e. The summed E-state index contributed by atoms with van der Waals surface area (Å²) in [6.07, 6.45) is -0.632. The molecule has 6 nitrogen and oxygen atoms in total. The molecule has 0 spiro atoms. The zero-order valence-electron chi connectivity index (χ0n) is 11.6. The zero-order valence-corrected chi connectivity index (χ0v) is 13.2. The number of amides is 2. The van der Waals surface area contributed by atoms with Crippen LogP contribution < -0.4 is 5.32 Å². The number of carbonyl (C=O) groups is 2. The van der Waals surface area contributed by atoms with E-state index in [-0.39, 0.29) is 13.0 Å². The van der Waals surface area contributed by atoms with Crippen LogP contribution in [-0.2, 0) is 4.79 Å². The van der Waals surface area contributed by atoms with Crippen molar-refractivity contribution in [2.75, 3.05) is 11.9 Å². The standard InChI is InChI=1S/C14H15BrFN3O3/c15-11-4-3-9(7-1-2-7)12(17-11)18-13(20)10-5-8(16)6-19(10)14(21)22/h3-4,7-8,10H,1-2,5-6H2,(H,21,22)(H,17,18,20)/t8-,10+/m1/s1. The van der Waals surface area contributed by atoms with Crippen LogP contribution in [0.1, 0.15) is 30.7 Å². The Morgan fingerprint density at radius 2 is 2.14 bits per heavy atom. The normalized spacial score (nSPS) is 24.4. The van der Waals surface area contributed by atoms with Crippen LogP contribution in [0, 0.1) is 0 Å². The van der Waals surface area contributed by atoms with Crippen LogP contribution in [0.4, 0.5) is 15.0 Å². The SMILES string of the molecule is O=C(Nc1nc(Br)ccc1C1CC1)[C@@H]1C[C@@H](F)CN1C(=O)O. The van der Waals surface area contributed by atoms with Gasteiger partial charge in [-0.05, 0) is 46.3 Å². The number of carboxylic acid groups (broad SMARTS) is 1. The second-order valence-corrected chi connectivity index (χ2v) is 6.43. The number of hydrogen-bond donors (Lipinski definition) is 2. The molecule has 1 aliphatic heterocycles. The summed E-state index contributed by atoms with van der Waals surface area (Å²) in [4.78, 5) is 28.6. The molecule has 2 N–H and O–H groups in total. The van der Waals surface area contributed by atoms with Crippen LogP contribution in [-0.4, -0.2) is 45.7 Å². The summed E-state index contributed by atoms with van der Waals surface area (Å²) in [6, 6.07) is 2.69. The molecule has 2 heterocycles. The summed E-state index contributed by atoms with van der Waals surface area (Å²) in [5.41, 5.74) is 0.938. The second kappa shape index (κ2) is 5.83. The lowest BCUT2D eigenvalue weighted by Crippen LogP contribution is -2.42. The number of carbonyl (C=O) groups excluding carboxylic acids is 1. The average Bonchev–Trinajstić information content (AvgIpc) is 3.20. The van der Waals surface area contributed by atoms with Crippen molar-refractivity contribution >= 4 is 33.7 Å². The van der Waals surface area contributed by atoms with Crippen LogP contribution in [0.5, 0.6) is 0 Å². The van der Waals surface area contributed by atoms with Gasteiger partial charge in [0.15, 0.2) is 0 Å². The highest BCUT2D eigenvalue weighted by Gasteiger charge is 2.40. The third-order valence-corrected chi connectivity index (χ3v) is 4.39. The molecule has 1 saturated heterocycles. The second-order valence-electron chi connectivity index (χ2n) is 5.62. The van der Waals surface area contributed by atoms with E-state index in [9.17, 15) is 14.0 Å². The molecule has 2 atom stereocenters. The molecule has 2 aliphatic rings. The van der Waals surface area contributed by atoms with Crippen molar-refractivity contribution in [1.82, 2.24) is 9.88 Å². The largest absolute Gasteiger partial charge is 0.465 e. The van der Waals surface area contributed by atoms with E-state index >= 15 is 0 Å². The average molecular weight is 372 g/mol. The maximum atomic E-state index is 13.5. The quantitative estimate of drug-likeness (QED) is 0.800. The van der Waals surface area contributed by atoms with Crippen molar-refractivity contribution in [3.63, 3.8) is 0 Å². The zero-order chi connectivity index (χ0) is 15.9. The summed E-state index contributed by atoms with van der Waals surface area (Å²) in [5, 5.41) is 11.7. The molecule has 1 aromatic heterocycles. The summed E-state index contributed by atoms with van der Waals surface area (Å²) in [6.45, 7) is -0.269. The Kier molecular flexibility index (Phi) is 4.03. The number of hydrogen-bond acceptors (Lipinski definition) is 3. The van der Waals surface area contributed by atoms with Crippen LogP contribution in [0.15, 0.2) is 16.7 Å². The maximum Gasteiger partial charge on any atom is 0.408 e. The predicted molar refractivity (Wildman–Crippen MR) is 80.6 cm³/mol. The fourth-order valence-electron chi connectivity index (χ4n) is 2.71. The first-order chi connectivity index (χ1) is 10.5. The molecule has 0 radical (unpaired) electrons. The summed E-state index contributed by atoms with van der Waals surface area (Å²) < 4.78 is 14.0. The number of rotatable bonds is 3. The Morgan fingerprint density at radius 3 is 2.77 bits per heavy atom. The van der Waals surface area contributed by atoms with Gasteiger partial charge in [-0.1, -0.05) is 6.07 Å². The van der Waals surface area contributed by atoms with Crippen molar-refractivity contribution in [1.29, 1.82) is 0 Å². The molecule has 8 heteroatoms. The molecular weight excluding hydrogens is 357 g/mol. The van der Waals surface area contributed by atoms with E-state index < -0.39 is 24.2 Å². The van der Waals surface area contributed by atoms with Crippen LogP contribution >= 0.6 is 15.9 Å². The fourth-order valence-corrected chi connectivity index (χ4v) is 3.02. The molecular formula is C14H15BrFN3O3. The minimum Gasteiger partial charge on any atom is -0.465 e. The van der Waals surface area contributed by atoms with Gasteiger partial charge in [-0.25, -0.2) is 14.2 Å². The van der Waals surface area contributed by atoms with Crippen molar-refractivity contribution in [2.45, 2.75) is 37.4 Å². The Hall–Kier alpha value is -1.70. The number of alkyl halides is 1. The van der Waals surface area contributed by atoms with Crippen molar-refractivity contribution in [3.8, 4) is 0 Å². The van der Waals surface area contributed by atoms with Gasteiger partial charge in [-0.15, -0.1) is 0 Å². The fraction of sp³-hybridized carbons (Fsp3) is 0.500. The van der Waals surface area contributed by atoms with Crippen LogP contribution in [0.3, 0.4) is 0 Å². The third-order valence-electron chi connectivity index (χ3n) is 3.95. The molecule has 3 rings (SSSR count). The van der Waals surface area contributed by atoms with E-state index in [1.165, 1.54) is 0 Å². The molecule has 2 fully saturated rings. The number of aromatic nitrogens is 1. The molecule has 0 unspecified atom stereocenters. The summed E-state index contributed by atoms with van der Waals surface area (Å²) >= 11 is 3.26. The lowest BCUT2D eigenvalue weighted by atomic mass is 10.1. The molecule has 0 aromatic carbocycles. The summed E-state index contributed by atoms with van der Waals surface area (Å²) in [7, 11) is 0. The van der Waals surface area contributed by atoms with Gasteiger partial charge in [0, 0.05) is 6.42 Å². The van der Waals surface area contributed by atoms with Gasteiger partial charge < -0.3 is 10.4 Å². The lowest BCUT2D eigenvalue weighted by molar-refractivity contribution is -0.120. The Morgan fingerprint density at radius 1 is 1.41 bits per heavy atom. The maximum absolute atomic E-state index is 13.5. The molecule has 0 bridgehead atoms. The Labute approximate surface area is 134 Å². The van der Waals surface area contributed by atoms with E-state index in [0.717, 1.165) is 23.3 Å². The first kappa shape index (κ1) is 15.2. The first-order valence-corrected chi connectivity index (χ1v) is 7.86. The Bertz CT molecular complexity index is 623. The van der Waals surface area contributed by atoms with E-state index in [1.54, 1.807) is 6.07 Å². The van der Waals surface area contributed by atoms with Gasteiger partial charge in [0.1, 0.15) is 22.6 Å². The topological polar surface area (TPSA) is 82.5 Å². The van der Waals surface area contributed by atoms with Gasteiger partial charge >= 0.3 is 6.09 Å². The number of nitrogens with one attached hydrogen (secondary N) is 1. The van der Waals surface area contributed by atoms with Crippen molar-refractivity contribution in [3.05, 3.63) is 22.3 Å². The van der Waals surface area contributed by atoms with Gasteiger partial charge in [-0.2, -0.15) is 0 Å². The van der Waals surface area contributed by atoms with E-state index in [4.69, 9.17) is 5.11 Å². The molecule has 1 aromatic rings. The first-order valence-electron chi connectivity index (χ1n) is 7.06.